The Morgan fingerprint density at radius 3 is 2.29 bits per heavy atom. The SMILES string of the molecule is CCOC(=O)c1cc(OC)c(C)c(C)c1OC. The lowest BCUT2D eigenvalue weighted by atomic mass is 10.0. The van der Waals surface area contributed by atoms with Crippen LogP contribution in [0.5, 0.6) is 11.5 Å². The molecule has 0 aromatic heterocycles. The molecule has 0 atom stereocenters. The Bertz CT molecular complexity index is 424. The van der Waals surface area contributed by atoms with Gasteiger partial charge in [0.2, 0.25) is 0 Å². The van der Waals surface area contributed by atoms with Crippen molar-refractivity contribution >= 4 is 5.97 Å². The van der Waals surface area contributed by atoms with Crippen LogP contribution in [0.15, 0.2) is 6.07 Å². The number of carbonyl (C=O) groups excluding carboxylic acids is 1. The van der Waals surface area contributed by atoms with Gasteiger partial charge in [0.05, 0.1) is 20.8 Å². The third kappa shape index (κ3) is 2.52. The van der Waals surface area contributed by atoms with Crippen molar-refractivity contribution < 1.29 is 19.0 Å². The van der Waals surface area contributed by atoms with Crippen molar-refractivity contribution in [1.29, 1.82) is 0 Å². The first-order valence-electron chi connectivity index (χ1n) is 5.46. The molecular weight excluding hydrogens is 220 g/mol. The maximum absolute atomic E-state index is 11.8. The summed E-state index contributed by atoms with van der Waals surface area (Å²) >= 11 is 0. The monoisotopic (exact) mass is 238 g/mol. The van der Waals surface area contributed by atoms with Crippen LogP contribution >= 0.6 is 0 Å². The van der Waals surface area contributed by atoms with Crippen LogP contribution in [0, 0.1) is 13.8 Å². The minimum atomic E-state index is -0.397. The lowest BCUT2D eigenvalue weighted by Crippen LogP contribution is -2.09. The van der Waals surface area contributed by atoms with E-state index >= 15 is 0 Å². The molecule has 17 heavy (non-hydrogen) atoms. The standard InChI is InChI=1S/C13H18O4/c1-6-17-13(14)10-7-11(15-4)8(2)9(3)12(10)16-5/h7H,6H2,1-5H3. The van der Waals surface area contributed by atoms with Crippen LogP contribution in [0.3, 0.4) is 0 Å². The second kappa shape index (κ2) is 5.57. The molecule has 1 aromatic rings. The summed E-state index contributed by atoms with van der Waals surface area (Å²) in [5, 5.41) is 0. The molecule has 0 saturated carbocycles. The zero-order valence-electron chi connectivity index (χ0n) is 10.9. The summed E-state index contributed by atoms with van der Waals surface area (Å²) in [4.78, 5) is 11.8. The highest BCUT2D eigenvalue weighted by molar-refractivity contribution is 5.94. The number of hydrogen-bond acceptors (Lipinski definition) is 4. The molecule has 1 aromatic carbocycles. The van der Waals surface area contributed by atoms with E-state index in [1.807, 2.05) is 13.8 Å². The van der Waals surface area contributed by atoms with E-state index in [-0.39, 0.29) is 0 Å². The van der Waals surface area contributed by atoms with Crippen molar-refractivity contribution in [1.82, 2.24) is 0 Å². The molecule has 0 heterocycles. The van der Waals surface area contributed by atoms with Gasteiger partial charge in [0, 0.05) is 0 Å². The number of carbonyl (C=O) groups is 1. The van der Waals surface area contributed by atoms with Crippen LogP contribution in [0.1, 0.15) is 28.4 Å². The molecule has 0 aliphatic rings. The molecule has 0 spiro atoms. The van der Waals surface area contributed by atoms with Gasteiger partial charge < -0.3 is 14.2 Å². The highest BCUT2D eigenvalue weighted by Crippen LogP contribution is 2.33. The van der Waals surface area contributed by atoms with Crippen LogP contribution in [-0.4, -0.2) is 26.8 Å². The van der Waals surface area contributed by atoms with Crippen molar-refractivity contribution in [2.45, 2.75) is 20.8 Å². The molecule has 4 heteroatoms. The second-order valence-electron chi connectivity index (χ2n) is 3.63. The van der Waals surface area contributed by atoms with E-state index in [4.69, 9.17) is 14.2 Å². The number of hydrogen-bond donors (Lipinski definition) is 0. The third-order valence-corrected chi connectivity index (χ3v) is 2.71. The van der Waals surface area contributed by atoms with E-state index in [9.17, 15) is 4.79 Å². The van der Waals surface area contributed by atoms with Gasteiger partial charge in [-0.1, -0.05) is 0 Å². The number of benzene rings is 1. The van der Waals surface area contributed by atoms with Gasteiger partial charge in [-0.05, 0) is 38.0 Å². The zero-order chi connectivity index (χ0) is 13.0. The van der Waals surface area contributed by atoms with Gasteiger partial charge in [-0.2, -0.15) is 0 Å². The smallest absolute Gasteiger partial charge is 0.342 e. The second-order valence-corrected chi connectivity index (χ2v) is 3.63. The summed E-state index contributed by atoms with van der Waals surface area (Å²) in [6.45, 7) is 5.91. The van der Waals surface area contributed by atoms with E-state index < -0.39 is 5.97 Å². The summed E-state index contributed by atoms with van der Waals surface area (Å²) in [6, 6.07) is 1.65. The predicted molar refractivity (Wildman–Crippen MR) is 65.0 cm³/mol. The van der Waals surface area contributed by atoms with Gasteiger partial charge in [-0.25, -0.2) is 4.79 Å². The van der Waals surface area contributed by atoms with Crippen molar-refractivity contribution in [3.8, 4) is 11.5 Å². The lowest BCUT2D eigenvalue weighted by molar-refractivity contribution is 0.0522. The quantitative estimate of drug-likeness (QED) is 0.756. The molecule has 4 nitrogen and oxygen atoms in total. The van der Waals surface area contributed by atoms with Gasteiger partial charge in [0.15, 0.2) is 0 Å². The van der Waals surface area contributed by atoms with E-state index in [0.717, 1.165) is 11.1 Å². The van der Waals surface area contributed by atoms with Crippen LogP contribution in [-0.2, 0) is 4.74 Å². The summed E-state index contributed by atoms with van der Waals surface area (Å²) in [6.07, 6.45) is 0. The van der Waals surface area contributed by atoms with Crippen LogP contribution < -0.4 is 9.47 Å². The Morgan fingerprint density at radius 2 is 1.82 bits per heavy atom. The topological polar surface area (TPSA) is 44.8 Å². The fraction of sp³-hybridized carbons (Fsp3) is 0.462. The van der Waals surface area contributed by atoms with Gasteiger partial charge in [0.25, 0.3) is 0 Å². The van der Waals surface area contributed by atoms with Gasteiger partial charge >= 0.3 is 5.97 Å². The molecule has 0 fully saturated rings. The zero-order valence-corrected chi connectivity index (χ0v) is 10.9. The Hall–Kier alpha value is -1.71. The summed E-state index contributed by atoms with van der Waals surface area (Å²) in [5.41, 5.74) is 2.24. The molecule has 94 valence electrons. The number of esters is 1. The Kier molecular flexibility index (Phi) is 4.37. The number of methoxy groups -OCH3 is 2. The average molecular weight is 238 g/mol. The van der Waals surface area contributed by atoms with E-state index in [1.54, 1.807) is 20.1 Å². The van der Waals surface area contributed by atoms with Crippen LogP contribution in [0.4, 0.5) is 0 Å². The highest BCUT2D eigenvalue weighted by Gasteiger charge is 2.19. The first-order chi connectivity index (χ1) is 8.06. The minimum absolute atomic E-state index is 0.331. The van der Waals surface area contributed by atoms with Gasteiger partial charge in [0.1, 0.15) is 17.1 Å². The highest BCUT2D eigenvalue weighted by atomic mass is 16.5. The summed E-state index contributed by atoms with van der Waals surface area (Å²) in [7, 11) is 3.11. The van der Waals surface area contributed by atoms with Crippen molar-refractivity contribution in [2.24, 2.45) is 0 Å². The number of ether oxygens (including phenoxy) is 3. The fourth-order valence-corrected chi connectivity index (χ4v) is 1.70. The number of rotatable bonds is 4. The van der Waals surface area contributed by atoms with E-state index in [1.165, 1.54) is 7.11 Å². The predicted octanol–water partition coefficient (Wildman–Crippen LogP) is 2.50. The summed E-state index contributed by atoms with van der Waals surface area (Å²) in [5.74, 6) is 0.804. The Balaban J connectivity index is 3.37. The third-order valence-electron chi connectivity index (χ3n) is 2.71. The molecule has 0 N–H and O–H groups in total. The molecule has 0 aliphatic heterocycles. The lowest BCUT2D eigenvalue weighted by Gasteiger charge is -2.15. The van der Waals surface area contributed by atoms with Crippen LogP contribution in [0.25, 0.3) is 0 Å². The average Bonchev–Trinajstić information content (AvgIpc) is 2.32. The van der Waals surface area contributed by atoms with Crippen molar-refractivity contribution in [3.05, 3.63) is 22.8 Å². The molecule has 0 unspecified atom stereocenters. The largest absolute Gasteiger partial charge is 0.496 e. The molecule has 0 bridgehead atoms. The maximum Gasteiger partial charge on any atom is 0.342 e. The van der Waals surface area contributed by atoms with Crippen LogP contribution in [0.2, 0.25) is 0 Å². The molecule has 0 amide bonds. The molecule has 0 saturated heterocycles. The normalized spacial score (nSPS) is 9.94. The summed E-state index contributed by atoms with van der Waals surface area (Å²) < 4.78 is 15.5. The van der Waals surface area contributed by atoms with Gasteiger partial charge in [-0.15, -0.1) is 0 Å². The van der Waals surface area contributed by atoms with Crippen molar-refractivity contribution in [3.63, 3.8) is 0 Å². The van der Waals surface area contributed by atoms with Crippen molar-refractivity contribution in [2.75, 3.05) is 20.8 Å². The minimum Gasteiger partial charge on any atom is -0.496 e. The molecule has 1 rings (SSSR count). The maximum atomic E-state index is 11.8. The fourth-order valence-electron chi connectivity index (χ4n) is 1.70. The van der Waals surface area contributed by atoms with Gasteiger partial charge in [-0.3, -0.25) is 0 Å². The molecule has 0 radical (unpaired) electrons. The Labute approximate surface area is 101 Å². The van der Waals surface area contributed by atoms with E-state index in [0.29, 0.717) is 23.7 Å². The first kappa shape index (κ1) is 13.4. The Morgan fingerprint density at radius 1 is 1.18 bits per heavy atom. The molecular formula is C13H18O4. The molecule has 0 aliphatic carbocycles. The first-order valence-corrected chi connectivity index (χ1v) is 5.46. The van der Waals surface area contributed by atoms with E-state index in [2.05, 4.69) is 0 Å².